The summed E-state index contributed by atoms with van der Waals surface area (Å²) in [5.74, 6) is 0.870. The first kappa shape index (κ1) is 23.3. The molecule has 30 heavy (non-hydrogen) atoms. The molecule has 2 rings (SSSR count). The van der Waals surface area contributed by atoms with Crippen LogP contribution in [0, 0.1) is 13.8 Å². The van der Waals surface area contributed by atoms with Crippen LogP contribution in [0.4, 0.5) is 13.2 Å². The summed E-state index contributed by atoms with van der Waals surface area (Å²) in [6.07, 6.45) is -1.44. The Morgan fingerprint density at radius 1 is 1.27 bits per heavy atom. The lowest BCUT2D eigenvalue weighted by Crippen LogP contribution is -2.38. The summed E-state index contributed by atoms with van der Waals surface area (Å²) in [4.78, 5) is 12.9. The molecule has 0 atom stereocenters. The number of aryl methyl sites for hydroxylation is 2. The highest BCUT2D eigenvalue weighted by atomic mass is 19.4. The molecule has 0 bridgehead atoms. The molecule has 0 N–H and O–H groups in total. The number of carbonyl (C=O) groups excluding carboxylic acids is 1. The predicted octanol–water partition coefficient (Wildman–Crippen LogP) is 4.69. The van der Waals surface area contributed by atoms with Crippen molar-refractivity contribution < 1.29 is 32.0 Å². The smallest absolute Gasteiger partial charge is 0.406 e. The number of alkyl halides is 3. The van der Waals surface area contributed by atoms with Crippen LogP contribution in [0.1, 0.15) is 35.9 Å². The predicted molar refractivity (Wildman–Crippen MR) is 105 cm³/mol. The van der Waals surface area contributed by atoms with E-state index in [2.05, 4.69) is 5.16 Å². The molecule has 0 aliphatic heterocycles. The number of amides is 1. The fraction of sp³-hybridized carbons (Fsp3) is 0.429. The molecule has 0 saturated carbocycles. The third-order valence-corrected chi connectivity index (χ3v) is 4.33. The van der Waals surface area contributed by atoms with Gasteiger partial charge in [0.1, 0.15) is 18.9 Å². The van der Waals surface area contributed by atoms with Crippen molar-refractivity contribution in [1.82, 2.24) is 10.1 Å². The zero-order chi connectivity index (χ0) is 22.3. The molecule has 0 saturated heterocycles. The van der Waals surface area contributed by atoms with Crippen LogP contribution in [-0.2, 0) is 11.4 Å². The van der Waals surface area contributed by atoms with Crippen molar-refractivity contribution in [2.24, 2.45) is 0 Å². The zero-order valence-corrected chi connectivity index (χ0v) is 17.4. The van der Waals surface area contributed by atoms with E-state index < -0.39 is 18.6 Å². The van der Waals surface area contributed by atoms with Crippen molar-refractivity contribution in [2.45, 2.75) is 40.0 Å². The summed E-state index contributed by atoms with van der Waals surface area (Å²) in [5.41, 5.74) is 2.17. The molecule has 1 amide bonds. The molecule has 1 heterocycles. The highest BCUT2D eigenvalue weighted by molar-refractivity contribution is 5.91. The Balaban J connectivity index is 2.10. The van der Waals surface area contributed by atoms with Gasteiger partial charge in [-0.25, -0.2) is 0 Å². The number of carbonyl (C=O) groups is 1. The van der Waals surface area contributed by atoms with Gasteiger partial charge in [0.25, 0.3) is 0 Å². The minimum Gasteiger partial charge on any atom is -0.493 e. The first-order valence-electron chi connectivity index (χ1n) is 9.41. The third-order valence-electron chi connectivity index (χ3n) is 4.33. The van der Waals surface area contributed by atoms with E-state index in [1.165, 1.54) is 13.2 Å². The number of hydrogen-bond donors (Lipinski definition) is 0. The first-order valence-corrected chi connectivity index (χ1v) is 9.41. The Morgan fingerprint density at radius 3 is 2.57 bits per heavy atom. The highest BCUT2D eigenvalue weighted by Gasteiger charge is 2.31. The third kappa shape index (κ3) is 6.53. The second-order valence-electron chi connectivity index (χ2n) is 6.71. The summed E-state index contributed by atoms with van der Waals surface area (Å²) in [6.45, 7) is 4.32. The van der Waals surface area contributed by atoms with E-state index in [9.17, 15) is 18.0 Å². The molecule has 0 radical (unpaired) electrons. The number of hydrogen-bond acceptors (Lipinski definition) is 5. The van der Waals surface area contributed by atoms with Crippen LogP contribution < -0.4 is 9.47 Å². The number of benzene rings is 1. The van der Waals surface area contributed by atoms with Crippen LogP contribution in [-0.4, -0.2) is 42.3 Å². The number of methoxy groups -OCH3 is 1. The minimum absolute atomic E-state index is 0.0283. The van der Waals surface area contributed by atoms with Crippen molar-refractivity contribution in [2.75, 3.05) is 20.2 Å². The van der Waals surface area contributed by atoms with Gasteiger partial charge in [0.05, 0.1) is 18.4 Å². The lowest BCUT2D eigenvalue weighted by molar-refractivity contribution is -0.158. The molecule has 0 unspecified atom stereocenters. The fourth-order valence-electron chi connectivity index (χ4n) is 2.79. The molecule has 6 nitrogen and oxygen atoms in total. The molecule has 9 heteroatoms. The maximum Gasteiger partial charge on any atom is 0.406 e. The maximum atomic E-state index is 12.7. The SMILES string of the molecule is CCCN(CC(F)(F)F)C(=O)/C=C/c1ccc(OCc2c(C)noc2C)c(OC)c1. The highest BCUT2D eigenvalue weighted by Crippen LogP contribution is 2.30. The van der Waals surface area contributed by atoms with Gasteiger partial charge in [0, 0.05) is 12.6 Å². The largest absolute Gasteiger partial charge is 0.493 e. The van der Waals surface area contributed by atoms with E-state index in [0.29, 0.717) is 29.2 Å². The average molecular weight is 426 g/mol. The second kappa shape index (κ2) is 10.2. The molecule has 1 aromatic heterocycles. The first-order chi connectivity index (χ1) is 14.1. The average Bonchev–Trinajstić information content (AvgIpc) is 3.01. The molecule has 1 aromatic carbocycles. The van der Waals surface area contributed by atoms with Gasteiger partial charge in [-0.3, -0.25) is 4.79 Å². The Morgan fingerprint density at radius 2 is 2.00 bits per heavy atom. The Hall–Kier alpha value is -2.97. The normalized spacial score (nSPS) is 11.7. The van der Waals surface area contributed by atoms with Crippen LogP contribution in [0.5, 0.6) is 11.5 Å². The molecule has 2 aromatic rings. The monoisotopic (exact) mass is 426 g/mol. The van der Waals surface area contributed by atoms with Gasteiger partial charge < -0.3 is 18.9 Å². The summed E-state index contributed by atoms with van der Waals surface area (Å²) in [6, 6.07) is 4.99. The summed E-state index contributed by atoms with van der Waals surface area (Å²) in [7, 11) is 1.48. The van der Waals surface area contributed by atoms with E-state index in [-0.39, 0.29) is 13.2 Å². The van der Waals surface area contributed by atoms with Crippen LogP contribution in [0.3, 0.4) is 0 Å². The molecule has 0 spiro atoms. The van der Waals surface area contributed by atoms with Crippen molar-refractivity contribution in [3.05, 3.63) is 46.9 Å². The van der Waals surface area contributed by atoms with E-state index in [0.717, 1.165) is 22.2 Å². The molecular weight excluding hydrogens is 401 g/mol. The lowest BCUT2D eigenvalue weighted by Gasteiger charge is -2.21. The van der Waals surface area contributed by atoms with Gasteiger partial charge in [-0.05, 0) is 44.0 Å². The lowest BCUT2D eigenvalue weighted by atomic mass is 10.1. The van der Waals surface area contributed by atoms with Crippen molar-refractivity contribution >= 4 is 12.0 Å². The van der Waals surface area contributed by atoms with Crippen LogP contribution in [0.25, 0.3) is 6.08 Å². The molecule has 0 fully saturated rings. The number of rotatable bonds is 9. The molecule has 0 aliphatic carbocycles. The quantitative estimate of drug-likeness (QED) is 0.544. The number of halogens is 3. The van der Waals surface area contributed by atoms with Gasteiger partial charge in [0.2, 0.25) is 5.91 Å². The molecular formula is C21H25F3N2O4. The number of aromatic nitrogens is 1. The molecule has 164 valence electrons. The van der Waals surface area contributed by atoms with Crippen molar-refractivity contribution in [3.8, 4) is 11.5 Å². The van der Waals surface area contributed by atoms with Gasteiger partial charge in [-0.15, -0.1) is 0 Å². The summed E-state index contributed by atoms with van der Waals surface area (Å²) >= 11 is 0. The Bertz CT molecular complexity index is 871. The fourth-order valence-corrected chi connectivity index (χ4v) is 2.79. The second-order valence-corrected chi connectivity index (χ2v) is 6.71. The number of ether oxygens (including phenoxy) is 2. The van der Waals surface area contributed by atoms with Crippen molar-refractivity contribution in [1.29, 1.82) is 0 Å². The standard InChI is InChI=1S/C21H25F3N2O4/c1-5-10-26(13-21(22,23)24)20(27)9-7-16-6-8-18(19(11-16)28-4)29-12-17-14(2)25-30-15(17)3/h6-9,11H,5,10,12-13H2,1-4H3/b9-7+. The zero-order valence-electron chi connectivity index (χ0n) is 17.4. The van der Waals surface area contributed by atoms with E-state index in [1.54, 1.807) is 32.0 Å². The van der Waals surface area contributed by atoms with Gasteiger partial charge in [-0.1, -0.05) is 18.1 Å². The van der Waals surface area contributed by atoms with Crippen LogP contribution in [0.15, 0.2) is 28.8 Å². The van der Waals surface area contributed by atoms with Gasteiger partial charge in [-0.2, -0.15) is 13.2 Å². The van der Waals surface area contributed by atoms with Crippen molar-refractivity contribution in [3.63, 3.8) is 0 Å². The summed E-state index contributed by atoms with van der Waals surface area (Å²) < 4.78 is 54.2. The maximum absolute atomic E-state index is 12.7. The van der Waals surface area contributed by atoms with E-state index >= 15 is 0 Å². The number of nitrogens with zero attached hydrogens (tertiary/aromatic N) is 2. The van der Waals surface area contributed by atoms with Gasteiger partial charge in [0.15, 0.2) is 11.5 Å². The van der Waals surface area contributed by atoms with Crippen LogP contribution >= 0.6 is 0 Å². The molecule has 0 aliphatic rings. The van der Waals surface area contributed by atoms with E-state index in [1.807, 2.05) is 6.92 Å². The summed E-state index contributed by atoms with van der Waals surface area (Å²) in [5, 5.41) is 3.87. The Labute approximate surface area is 173 Å². The van der Waals surface area contributed by atoms with E-state index in [4.69, 9.17) is 14.0 Å². The Kier molecular flexibility index (Phi) is 7.91. The minimum atomic E-state index is -4.44. The topological polar surface area (TPSA) is 64.8 Å². The van der Waals surface area contributed by atoms with Gasteiger partial charge >= 0.3 is 6.18 Å². The van der Waals surface area contributed by atoms with Crippen LogP contribution in [0.2, 0.25) is 0 Å².